The number of rotatable bonds is 3. The first-order chi connectivity index (χ1) is 9.15. The van der Waals surface area contributed by atoms with E-state index in [1.807, 2.05) is 0 Å². The summed E-state index contributed by atoms with van der Waals surface area (Å²) in [6.07, 6.45) is 4.62. The molecule has 0 saturated heterocycles. The van der Waals surface area contributed by atoms with Crippen LogP contribution in [0.1, 0.15) is 5.56 Å². The summed E-state index contributed by atoms with van der Waals surface area (Å²) in [6, 6.07) is 10.4. The zero-order valence-corrected chi connectivity index (χ0v) is 11.3. The number of hydrogen-bond acceptors (Lipinski definition) is 2. The van der Waals surface area contributed by atoms with Crippen molar-refractivity contribution in [2.75, 3.05) is 5.32 Å². The molecule has 0 aliphatic heterocycles. The quantitative estimate of drug-likeness (QED) is 0.868. The summed E-state index contributed by atoms with van der Waals surface area (Å²) in [7, 11) is 0. The molecular weight excluding hydrogens is 283 g/mol. The number of carbonyl (C=O) groups is 1. The highest BCUT2D eigenvalue weighted by molar-refractivity contribution is 6.35. The first-order valence-electron chi connectivity index (χ1n) is 5.50. The van der Waals surface area contributed by atoms with Gasteiger partial charge in [0.2, 0.25) is 5.91 Å². The maximum absolute atomic E-state index is 11.7. The summed E-state index contributed by atoms with van der Waals surface area (Å²) in [5, 5.41) is 3.69. The lowest BCUT2D eigenvalue weighted by atomic mass is 10.2. The van der Waals surface area contributed by atoms with Gasteiger partial charge >= 0.3 is 0 Å². The zero-order chi connectivity index (χ0) is 13.7. The summed E-state index contributed by atoms with van der Waals surface area (Å²) in [5.41, 5.74) is 0.724. The Kier molecular flexibility index (Phi) is 4.55. The molecule has 1 N–H and O–H groups in total. The third-order valence-electron chi connectivity index (χ3n) is 2.29. The number of carbonyl (C=O) groups excluding carboxylic acids is 1. The Balaban J connectivity index is 2.04. The predicted molar refractivity (Wildman–Crippen MR) is 78.4 cm³/mol. The van der Waals surface area contributed by atoms with Gasteiger partial charge in [-0.3, -0.25) is 4.79 Å². The molecule has 0 aliphatic rings. The van der Waals surface area contributed by atoms with Gasteiger partial charge < -0.3 is 5.32 Å². The number of hydrogen-bond donors (Lipinski definition) is 1. The highest BCUT2D eigenvalue weighted by atomic mass is 35.5. The van der Waals surface area contributed by atoms with Crippen molar-refractivity contribution >= 4 is 41.0 Å². The van der Waals surface area contributed by atoms with Gasteiger partial charge in [-0.25, -0.2) is 4.98 Å². The standard InChI is InChI=1S/C14H10Cl2N2O/c15-11-6-4-10(12(16)9-11)5-7-14(19)18-13-3-1-2-8-17-13/h1-9H,(H,17,18,19). The molecule has 0 radical (unpaired) electrons. The van der Waals surface area contributed by atoms with E-state index < -0.39 is 0 Å². The highest BCUT2D eigenvalue weighted by Gasteiger charge is 2.00. The Hall–Kier alpha value is -1.84. The van der Waals surface area contributed by atoms with Crippen LogP contribution >= 0.6 is 23.2 Å². The largest absolute Gasteiger partial charge is 0.307 e. The number of anilines is 1. The number of halogens is 2. The van der Waals surface area contributed by atoms with Gasteiger partial charge in [-0.15, -0.1) is 0 Å². The van der Waals surface area contributed by atoms with Gasteiger partial charge in [0.05, 0.1) is 0 Å². The third-order valence-corrected chi connectivity index (χ3v) is 2.86. The molecule has 5 heteroatoms. The molecule has 0 spiro atoms. The molecule has 1 heterocycles. The van der Waals surface area contributed by atoms with Gasteiger partial charge in [0.1, 0.15) is 5.82 Å². The third kappa shape index (κ3) is 4.09. The molecule has 0 fully saturated rings. The minimum absolute atomic E-state index is 0.273. The molecule has 0 unspecified atom stereocenters. The van der Waals surface area contributed by atoms with Crippen molar-refractivity contribution in [3.8, 4) is 0 Å². The first-order valence-corrected chi connectivity index (χ1v) is 6.26. The van der Waals surface area contributed by atoms with Crippen molar-refractivity contribution in [3.63, 3.8) is 0 Å². The van der Waals surface area contributed by atoms with E-state index in [1.165, 1.54) is 6.08 Å². The molecule has 0 saturated carbocycles. The molecule has 2 rings (SSSR count). The van der Waals surface area contributed by atoms with Crippen LogP contribution in [0.3, 0.4) is 0 Å². The Morgan fingerprint density at radius 2 is 2.05 bits per heavy atom. The van der Waals surface area contributed by atoms with Gasteiger partial charge in [-0.05, 0) is 35.9 Å². The summed E-state index contributed by atoms with van der Waals surface area (Å²) in [6.45, 7) is 0. The van der Waals surface area contributed by atoms with E-state index in [2.05, 4.69) is 10.3 Å². The van der Waals surface area contributed by atoms with Crippen molar-refractivity contribution in [2.45, 2.75) is 0 Å². The number of nitrogens with zero attached hydrogens (tertiary/aromatic N) is 1. The maximum Gasteiger partial charge on any atom is 0.249 e. The number of pyridine rings is 1. The molecule has 0 bridgehead atoms. The molecule has 1 aromatic carbocycles. The summed E-state index contributed by atoms with van der Waals surface area (Å²) in [4.78, 5) is 15.7. The molecule has 0 atom stereocenters. The predicted octanol–water partition coefficient (Wildman–Crippen LogP) is 4.04. The van der Waals surface area contributed by atoms with E-state index in [-0.39, 0.29) is 5.91 Å². The minimum Gasteiger partial charge on any atom is -0.307 e. The second-order valence-electron chi connectivity index (χ2n) is 3.70. The molecule has 96 valence electrons. The van der Waals surface area contributed by atoms with Crippen LogP contribution in [0.5, 0.6) is 0 Å². The SMILES string of the molecule is O=C(C=Cc1ccc(Cl)cc1Cl)Nc1ccccn1. The van der Waals surface area contributed by atoms with Gasteiger partial charge in [-0.1, -0.05) is 35.3 Å². The number of nitrogens with one attached hydrogen (secondary N) is 1. The van der Waals surface area contributed by atoms with Crippen LogP contribution in [-0.2, 0) is 4.79 Å². The van der Waals surface area contributed by atoms with E-state index in [9.17, 15) is 4.79 Å². The molecule has 19 heavy (non-hydrogen) atoms. The summed E-state index contributed by atoms with van der Waals surface area (Å²) < 4.78 is 0. The second kappa shape index (κ2) is 6.36. The Labute approximate surface area is 120 Å². The molecular formula is C14H10Cl2N2O. The van der Waals surface area contributed by atoms with Gasteiger partial charge in [0.25, 0.3) is 0 Å². The van der Waals surface area contributed by atoms with Crippen molar-refractivity contribution in [1.29, 1.82) is 0 Å². The van der Waals surface area contributed by atoms with E-state index in [0.29, 0.717) is 15.9 Å². The van der Waals surface area contributed by atoms with E-state index >= 15 is 0 Å². The van der Waals surface area contributed by atoms with Crippen LogP contribution < -0.4 is 5.32 Å². The molecule has 2 aromatic rings. The monoisotopic (exact) mass is 292 g/mol. The molecule has 1 aromatic heterocycles. The molecule has 0 aliphatic carbocycles. The molecule has 3 nitrogen and oxygen atoms in total. The average molecular weight is 293 g/mol. The Morgan fingerprint density at radius 3 is 2.74 bits per heavy atom. The van der Waals surface area contributed by atoms with Gasteiger partial charge in [0.15, 0.2) is 0 Å². The fraction of sp³-hybridized carbons (Fsp3) is 0. The number of aromatic nitrogens is 1. The topological polar surface area (TPSA) is 42.0 Å². The van der Waals surface area contributed by atoms with Gasteiger partial charge in [-0.2, -0.15) is 0 Å². The highest BCUT2D eigenvalue weighted by Crippen LogP contribution is 2.21. The van der Waals surface area contributed by atoms with Crippen molar-refractivity contribution in [2.24, 2.45) is 0 Å². The van der Waals surface area contributed by atoms with Crippen LogP contribution in [0.2, 0.25) is 10.0 Å². The summed E-state index contributed by atoms with van der Waals surface area (Å²) >= 11 is 11.8. The van der Waals surface area contributed by atoms with E-state index in [0.717, 1.165) is 5.56 Å². The fourth-order valence-electron chi connectivity index (χ4n) is 1.41. The van der Waals surface area contributed by atoms with Crippen LogP contribution in [-0.4, -0.2) is 10.9 Å². The second-order valence-corrected chi connectivity index (χ2v) is 4.55. The van der Waals surface area contributed by atoms with Crippen LogP contribution in [0.15, 0.2) is 48.7 Å². The Morgan fingerprint density at radius 1 is 1.21 bits per heavy atom. The smallest absolute Gasteiger partial charge is 0.249 e. The lowest BCUT2D eigenvalue weighted by Gasteiger charge is -2.00. The van der Waals surface area contributed by atoms with Crippen LogP contribution in [0.25, 0.3) is 6.08 Å². The van der Waals surface area contributed by atoms with Crippen molar-refractivity contribution in [1.82, 2.24) is 4.98 Å². The molecule has 1 amide bonds. The van der Waals surface area contributed by atoms with E-state index in [1.54, 1.807) is 48.7 Å². The van der Waals surface area contributed by atoms with E-state index in [4.69, 9.17) is 23.2 Å². The van der Waals surface area contributed by atoms with Crippen molar-refractivity contribution in [3.05, 3.63) is 64.3 Å². The Bertz CT molecular complexity index is 612. The number of amides is 1. The fourth-order valence-corrected chi connectivity index (χ4v) is 1.88. The van der Waals surface area contributed by atoms with Gasteiger partial charge in [0, 0.05) is 22.3 Å². The van der Waals surface area contributed by atoms with Crippen LogP contribution in [0, 0.1) is 0 Å². The van der Waals surface area contributed by atoms with Crippen molar-refractivity contribution < 1.29 is 4.79 Å². The summed E-state index contributed by atoms with van der Waals surface area (Å²) in [5.74, 6) is 0.226. The first kappa shape index (κ1) is 13.6. The van der Waals surface area contributed by atoms with Crippen LogP contribution in [0.4, 0.5) is 5.82 Å². The average Bonchev–Trinajstić information content (AvgIpc) is 2.39. The lowest BCUT2D eigenvalue weighted by Crippen LogP contribution is -2.08. The normalized spacial score (nSPS) is 10.6. The zero-order valence-electron chi connectivity index (χ0n) is 9.81. The minimum atomic E-state index is -0.273. The maximum atomic E-state index is 11.7. The number of benzene rings is 1. The lowest BCUT2D eigenvalue weighted by molar-refractivity contribution is -0.111.